The van der Waals surface area contributed by atoms with Crippen LogP contribution in [-0.2, 0) is 4.79 Å². The van der Waals surface area contributed by atoms with Gasteiger partial charge in [-0.25, -0.2) is 10.9 Å². The molecular weight excluding hydrogens is 309 g/mol. The van der Waals surface area contributed by atoms with Crippen LogP contribution in [0.15, 0.2) is 47.5 Å². The topological polar surface area (TPSA) is 58.7 Å². The lowest BCUT2D eigenvalue weighted by molar-refractivity contribution is -0.117. The standard InChI is InChI=1S/C15H11Cl2N3O/c16-9-5-6-13-11(7-9)15(19-8-14(21)20(13)18)10-3-1-2-4-12(10)17/h1-7H,8,18H2. The van der Waals surface area contributed by atoms with Gasteiger partial charge in [0.15, 0.2) is 0 Å². The minimum Gasteiger partial charge on any atom is -0.274 e. The van der Waals surface area contributed by atoms with Gasteiger partial charge in [-0.05, 0) is 24.3 Å². The second kappa shape index (κ2) is 5.48. The number of anilines is 1. The van der Waals surface area contributed by atoms with Crippen molar-refractivity contribution >= 4 is 40.5 Å². The van der Waals surface area contributed by atoms with Crippen LogP contribution in [0.3, 0.4) is 0 Å². The fourth-order valence-corrected chi connectivity index (χ4v) is 2.63. The molecule has 6 heteroatoms. The summed E-state index contributed by atoms with van der Waals surface area (Å²) in [4.78, 5) is 16.3. The number of benzodiazepines with no additional fused rings is 1. The number of halogens is 2. The normalized spacial score (nSPS) is 14.5. The van der Waals surface area contributed by atoms with Crippen molar-refractivity contribution in [2.75, 3.05) is 11.6 Å². The van der Waals surface area contributed by atoms with Crippen LogP contribution < -0.4 is 10.9 Å². The zero-order valence-corrected chi connectivity index (χ0v) is 12.4. The van der Waals surface area contributed by atoms with E-state index in [4.69, 9.17) is 29.0 Å². The van der Waals surface area contributed by atoms with E-state index >= 15 is 0 Å². The Labute approximate surface area is 131 Å². The summed E-state index contributed by atoms with van der Waals surface area (Å²) in [5.41, 5.74) is 2.59. The van der Waals surface area contributed by atoms with Crippen LogP contribution in [0.5, 0.6) is 0 Å². The molecule has 0 saturated carbocycles. The average molecular weight is 320 g/mol. The SMILES string of the molecule is NN1C(=O)CN=C(c2ccccc2Cl)c2cc(Cl)ccc21. The predicted molar refractivity (Wildman–Crippen MR) is 85.1 cm³/mol. The molecule has 2 aromatic rings. The lowest BCUT2D eigenvalue weighted by Crippen LogP contribution is -2.38. The molecule has 4 nitrogen and oxygen atoms in total. The maximum Gasteiger partial charge on any atom is 0.262 e. The highest BCUT2D eigenvalue weighted by atomic mass is 35.5. The Morgan fingerprint density at radius 2 is 1.86 bits per heavy atom. The minimum atomic E-state index is -0.291. The molecule has 0 bridgehead atoms. The Balaban J connectivity index is 2.26. The van der Waals surface area contributed by atoms with Crippen LogP contribution in [0.1, 0.15) is 11.1 Å². The number of amides is 1. The van der Waals surface area contributed by atoms with E-state index in [2.05, 4.69) is 4.99 Å². The molecule has 0 aliphatic carbocycles. The van der Waals surface area contributed by atoms with Crippen molar-refractivity contribution in [1.82, 2.24) is 0 Å². The second-order valence-corrected chi connectivity index (χ2v) is 5.41. The number of nitrogens with two attached hydrogens (primary N) is 1. The highest BCUT2D eigenvalue weighted by Crippen LogP contribution is 2.30. The first-order chi connectivity index (χ1) is 10.1. The molecule has 0 radical (unpaired) electrons. The summed E-state index contributed by atoms with van der Waals surface area (Å²) in [5.74, 6) is 5.56. The molecule has 0 atom stereocenters. The molecule has 0 fully saturated rings. The third-order valence-electron chi connectivity index (χ3n) is 3.24. The van der Waals surface area contributed by atoms with E-state index in [-0.39, 0.29) is 12.5 Å². The van der Waals surface area contributed by atoms with Gasteiger partial charge >= 0.3 is 0 Å². The smallest absolute Gasteiger partial charge is 0.262 e. The lowest BCUT2D eigenvalue weighted by Gasteiger charge is -2.17. The van der Waals surface area contributed by atoms with Crippen molar-refractivity contribution in [2.24, 2.45) is 10.8 Å². The van der Waals surface area contributed by atoms with Gasteiger partial charge in [0.05, 0.1) is 11.4 Å². The number of carbonyl (C=O) groups excluding carboxylic acids is 1. The number of rotatable bonds is 1. The summed E-state index contributed by atoms with van der Waals surface area (Å²) in [5, 5.41) is 2.19. The molecule has 0 aromatic heterocycles. The number of fused-ring (bicyclic) bond motifs is 1. The number of hydrogen-bond donors (Lipinski definition) is 1. The molecule has 2 aromatic carbocycles. The number of hydrogen-bond acceptors (Lipinski definition) is 3. The van der Waals surface area contributed by atoms with Crippen molar-refractivity contribution in [3.63, 3.8) is 0 Å². The zero-order valence-electron chi connectivity index (χ0n) is 10.9. The van der Waals surface area contributed by atoms with Gasteiger partial charge in [-0.15, -0.1) is 0 Å². The van der Waals surface area contributed by atoms with Crippen molar-refractivity contribution in [2.45, 2.75) is 0 Å². The third kappa shape index (κ3) is 2.53. The van der Waals surface area contributed by atoms with Crippen LogP contribution in [0.4, 0.5) is 5.69 Å². The minimum absolute atomic E-state index is 0.0383. The van der Waals surface area contributed by atoms with E-state index in [1.807, 2.05) is 18.2 Å². The summed E-state index contributed by atoms with van der Waals surface area (Å²) in [6.07, 6.45) is 0. The van der Waals surface area contributed by atoms with E-state index in [0.717, 1.165) is 10.6 Å². The van der Waals surface area contributed by atoms with Crippen LogP contribution in [0.2, 0.25) is 10.0 Å². The second-order valence-electron chi connectivity index (χ2n) is 4.57. The summed E-state index contributed by atoms with van der Waals surface area (Å²) in [6, 6.07) is 12.4. The zero-order chi connectivity index (χ0) is 15.0. The number of carbonyl (C=O) groups is 1. The molecule has 3 rings (SSSR count). The fraction of sp³-hybridized carbons (Fsp3) is 0.0667. The first-order valence-electron chi connectivity index (χ1n) is 6.25. The summed E-state index contributed by atoms with van der Waals surface area (Å²) < 4.78 is 0. The Bertz CT molecular complexity index is 758. The first kappa shape index (κ1) is 14.1. The quantitative estimate of drug-likeness (QED) is 0.648. The average Bonchev–Trinajstić information content (AvgIpc) is 2.59. The van der Waals surface area contributed by atoms with Crippen LogP contribution in [-0.4, -0.2) is 18.2 Å². The summed E-state index contributed by atoms with van der Waals surface area (Å²) >= 11 is 12.3. The lowest BCUT2D eigenvalue weighted by atomic mass is 10.0. The van der Waals surface area contributed by atoms with Gasteiger partial charge in [0.25, 0.3) is 5.91 Å². The maximum atomic E-state index is 12.0. The Morgan fingerprint density at radius 3 is 2.62 bits per heavy atom. The maximum absolute atomic E-state index is 12.0. The van der Waals surface area contributed by atoms with E-state index < -0.39 is 0 Å². The van der Waals surface area contributed by atoms with Gasteiger partial charge in [0, 0.05) is 21.2 Å². The van der Waals surface area contributed by atoms with Gasteiger partial charge in [-0.3, -0.25) is 9.79 Å². The molecule has 1 heterocycles. The number of benzene rings is 2. The molecule has 1 amide bonds. The molecule has 1 aliphatic rings. The van der Waals surface area contributed by atoms with Crippen LogP contribution in [0.25, 0.3) is 0 Å². The van der Waals surface area contributed by atoms with E-state index in [1.54, 1.807) is 24.3 Å². The van der Waals surface area contributed by atoms with Crippen molar-refractivity contribution in [3.05, 3.63) is 63.6 Å². The molecule has 0 unspecified atom stereocenters. The highest BCUT2D eigenvalue weighted by Gasteiger charge is 2.24. The van der Waals surface area contributed by atoms with Crippen molar-refractivity contribution in [1.29, 1.82) is 0 Å². The first-order valence-corrected chi connectivity index (χ1v) is 7.00. The molecule has 0 spiro atoms. The summed E-state index contributed by atoms with van der Waals surface area (Å²) in [7, 11) is 0. The van der Waals surface area contributed by atoms with Gasteiger partial charge in [-0.2, -0.15) is 0 Å². The van der Waals surface area contributed by atoms with Gasteiger partial charge < -0.3 is 0 Å². The Hall–Kier alpha value is -1.88. The molecule has 1 aliphatic heterocycles. The number of hydrazine groups is 1. The number of nitrogens with zero attached hydrogens (tertiary/aromatic N) is 2. The number of aliphatic imine (C=N–C) groups is 1. The third-order valence-corrected chi connectivity index (χ3v) is 3.81. The monoisotopic (exact) mass is 319 g/mol. The predicted octanol–water partition coefficient (Wildman–Crippen LogP) is 3.05. The van der Waals surface area contributed by atoms with Crippen LogP contribution >= 0.6 is 23.2 Å². The molecule has 21 heavy (non-hydrogen) atoms. The molecule has 106 valence electrons. The summed E-state index contributed by atoms with van der Waals surface area (Å²) in [6.45, 7) is -0.0383. The van der Waals surface area contributed by atoms with Crippen molar-refractivity contribution in [3.8, 4) is 0 Å². The molecular formula is C15H11Cl2N3O. The van der Waals surface area contributed by atoms with E-state index in [0.29, 0.717) is 27.0 Å². The van der Waals surface area contributed by atoms with Gasteiger partial charge in [0.1, 0.15) is 6.54 Å². The Kier molecular flexibility index (Phi) is 3.68. The van der Waals surface area contributed by atoms with E-state index in [9.17, 15) is 4.79 Å². The largest absolute Gasteiger partial charge is 0.274 e. The fourth-order valence-electron chi connectivity index (χ4n) is 2.23. The van der Waals surface area contributed by atoms with Crippen LogP contribution in [0, 0.1) is 0 Å². The van der Waals surface area contributed by atoms with Gasteiger partial charge in [0.2, 0.25) is 0 Å². The highest BCUT2D eigenvalue weighted by molar-refractivity contribution is 6.36. The Morgan fingerprint density at radius 1 is 1.10 bits per heavy atom. The van der Waals surface area contributed by atoms with Gasteiger partial charge in [-0.1, -0.05) is 41.4 Å². The molecule has 2 N–H and O–H groups in total. The van der Waals surface area contributed by atoms with E-state index in [1.165, 1.54) is 0 Å². The van der Waals surface area contributed by atoms with Crippen molar-refractivity contribution < 1.29 is 4.79 Å². The molecule has 0 saturated heterocycles.